The SMILES string of the molecule is CCCNC(=O)/C(C#N)=C/c1ccc(OC(=O)CC)c(OC)c1. The molecule has 122 valence electrons. The minimum atomic E-state index is -0.421. The Hall–Kier alpha value is -2.81. The summed E-state index contributed by atoms with van der Waals surface area (Å²) in [4.78, 5) is 23.2. The summed E-state index contributed by atoms with van der Waals surface area (Å²) in [5.41, 5.74) is 0.597. The van der Waals surface area contributed by atoms with E-state index in [2.05, 4.69) is 5.32 Å². The fourth-order valence-corrected chi connectivity index (χ4v) is 1.70. The van der Waals surface area contributed by atoms with E-state index in [1.807, 2.05) is 13.0 Å². The van der Waals surface area contributed by atoms with Crippen molar-refractivity contribution in [3.63, 3.8) is 0 Å². The molecule has 1 N–H and O–H groups in total. The molecule has 0 bridgehead atoms. The van der Waals surface area contributed by atoms with E-state index in [1.54, 1.807) is 25.1 Å². The molecular weight excluding hydrogens is 296 g/mol. The number of carbonyl (C=O) groups is 2. The Morgan fingerprint density at radius 2 is 2.04 bits per heavy atom. The monoisotopic (exact) mass is 316 g/mol. The van der Waals surface area contributed by atoms with Crippen LogP contribution in [0.5, 0.6) is 11.5 Å². The van der Waals surface area contributed by atoms with Crippen LogP contribution >= 0.6 is 0 Å². The van der Waals surface area contributed by atoms with Crippen molar-refractivity contribution >= 4 is 18.0 Å². The number of hydrogen-bond acceptors (Lipinski definition) is 5. The Bertz CT molecular complexity index is 644. The van der Waals surface area contributed by atoms with Crippen molar-refractivity contribution in [1.82, 2.24) is 5.32 Å². The van der Waals surface area contributed by atoms with E-state index in [0.29, 0.717) is 23.6 Å². The molecule has 0 aliphatic heterocycles. The smallest absolute Gasteiger partial charge is 0.311 e. The summed E-state index contributed by atoms with van der Waals surface area (Å²) in [5, 5.41) is 11.8. The van der Waals surface area contributed by atoms with Crippen molar-refractivity contribution in [2.24, 2.45) is 0 Å². The highest BCUT2D eigenvalue weighted by Gasteiger charge is 2.11. The predicted molar refractivity (Wildman–Crippen MR) is 85.8 cm³/mol. The average molecular weight is 316 g/mol. The van der Waals surface area contributed by atoms with E-state index >= 15 is 0 Å². The predicted octanol–water partition coefficient (Wildman–Crippen LogP) is 2.44. The van der Waals surface area contributed by atoms with Crippen LogP contribution in [-0.4, -0.2) is 25.5 Å². The first-order valence-electron chi connectivity index (χ1n) is 7.34. The summed E-state index contributed by atoms with van der Waals surface area (Å²) in [6.07, 6.45) is 2.50. The third-order valence-corrected chi connectivity index (χ3v) is 2.91. The van der Waals surface area contributed by atoms with Crippen LogP contribution in [0.4, 0.5) is 0 Å². The van der Waals surface area contributed by atoms with Crippen LogP contribution in [0, 0.1) is 11.3 Å². The Morgan fingerprint density at radius 1 is 1.30 bits per heavy atom. The molecule has 0 aromatic heterocycles. The van der Waals surface area contributed by atoms with Gasteiger partial charge in [0, 0.05) is 13.0 Å². The van der Waals surface area contributed by atoms with Gasteiger partial charge in [-0.2, -0.15) is 5.26 Å². The molecule has 23 heavy (non-hydrogen) atoms. The van der Waals surface area contributed by atoms with Crippen molar-refractivity contribution in [3.8, 4) is 17.6 Å². The molecule has 0 saturated carbocycles. The first-order valence-corrected chi connectivity index (χ1v) is 7.34. The molecule has 0 fully saturated rings. The Labute approximate surface area is 135 Å². The maximum absolute atomic E-state index is 11.8. The minimum absolute atomic E-state index is 0.00111. The molecule has 0 atom stereocenters. The lowest BCUT2D eigenvalue weighted by Crippen LogP contribution is -2.25. The maximum atomic E-state index is 11.8. The molecule has 0 aliphatic carbocycles. The molecule has 1 rings (SSSR count). The van der Waals surface area contributed by atoms with E-state index in [0.717, 1.165) is 6.42 Å². The van der Waals surface area contributed by atoms with Crippen LogP contribution in [-0.2, 0) is 9.59 Å². The lowest BCUT2D eigenvalue weighted by molar-refractivity contribution is -0.134. The van der Waals surface area contributed by atoms with Gasteiger partial charge in [0.05, 0.1) is 7.11 Å². The number of rotatable bonds is 7. The number of nitrogens with one attached hydrogen (secondary N) is 1. The Balaban J connectivity index is 3.04. The number of hydrogen-bond donors (Lipinski definition) is 1. The van der Waals surface area contributed by atoms with Crippen LogP contribution in [0.1, 0.15) is 32.3 Å². The minimum Gasteiger partial charge on any atom is -0.493 e. The molecule has 0 unspecified atom stereocenters. The summed E-state index contributed by atoms with van der Waals surface area (Å²) < 4.78 is 10.3. The molecule has 1 amide bonds. The standard InChI is InChI=1S/C17H20N2O4/c1-4-8-19-17(21)13(11-18)9-12-6-7-14(15(10-12)22-3)23-16(20)5-2/h6-7,9-10H,4-5,8H2,1-3H3,(H,19,21)/b13-9+. The number of methoxy groups -OCH3 is 1. The fraction of sp³-hybridized carbons (Fsp3) is 0.353. The van der Waals surface area contributed by atoms with E-state index in [4.69, 9.17) is 14.7 Å². The molecular formula is C17H20N2O4. The first-order chi connectivity index (χ1) is 11.0. The molecule has 1 aromatic rings. The Kier molecular flexibility index (Phi) is 7.34. The largest absolute Gasteiger partial charge is 0.493 e. The van der Waals surface area contributed by atoms with Crippen LogP contribution in [0.25, 0.3) is 6.08 Å². The van der Waals surface area contributed by atoms with Crippen LogP contribution < -0.4 is 14.8 Å². The van der Waals surface area contributed by atoms with Crippen molar-refractivity contribution < 1.29 is 19.1 Å². The molecule has 0 spiro atoms. The van der Waals surface area contributed by atoms with Crippen LogP contribution in [0.2, 0.25) is 0 Å². The molecule has 6 heteroatoms. The molecule has 0 saturated heterocycles. The number of nitrogens with zero attached hydrogens (tertiary/aromatic N) is 1. The number of esters is 1. The van der Waals surface area contributed by atoms with Gasteiger partial charge in [-0.15, -0.1) is 0 Å². The van der Waals surface area contributed by atoms with Crippen molar-refractivity contribution in [2.75, 3.05) is 13.7 Å². The van der Waals surface area contributed by atoms with Crippen molar-refractivity contribution in [1.29, 1.82) is 5.26 Å². The Morgan fingerprint density at radius 3 is 2.61 bits per heavy atom. The molecule has 0 heterocycles. The molecule has 0 radical (unpaired) electrons. The second-order valence-corrected chi connectivity index (χ2v) is 4.66. The van der Waals surface area contributed by atoms with Gasteiger partial charge in [-0.3, -0.25) is 9.59 Å². The number of amides is 1. The third-order valence-electron chi connectivity index (χ3n) is 2.91. The van der Waals surface area contributed by atoms with Gasteiger partial charge in [0.2, 0.25) is 0 Å². The van der Waals surface area contributed by atoms with Crippen molar-refractivity contribution in [3.05, 3.63) is 29.3 Å². The summed E-state index contributed by atoms with van der Waals surface area (Å²) in [5.74, 6) is -0.143. The van der Waals surface area contributed by atoms with Gasteiger partial charge in [0.1, 0.15) is 11.6 Å². The molecule has 6 nitrogen and oxygen atoms in total. The first kappa shape index (κ1) is 18.2. The topological polar surface area (TPSA) is 88.4 Å². The lowest BCUT2D eigenvalue weighted by Gasteiger charge is -2.09. The number of nitriles is 1. The zero-order chi connectivity index (χ0) is 17.2. The van der Waals surface area contributed by atoms with Gasteiger partial charge in [-0.25, -0.2) is 0 Å². The highest BCUT2D eigenvalue weighted by atomic mass is 16.6. The highest BCUT2D eigenvalue weighted by Crippen LogP contribution is 2.29. The summed E-state index contributed by atoms with van der Waals surface area (Å²) in [6.45, 7) is 4.13. The van der Waals surface area contributed by atoms with Gasteiger partial charge in [0.15, 0.2) is 11.5 Å². The van der Waals surface area contributed by atoms with Crippen LogP contribution in [0.15, 0.2) is 23.8 Å². The van der Waals surface area contributed by atoms with Gasteiger partial charge < -0.3 is 14.8 Å². The third kappa shape index (κ3) is 5.47. The highest BCUT2D eigenvalue weighted by molar-refractivity contribution is 6.01. The number of ether oxygens (including phenoxy) is 2. The zero-order valence-corrected chi connectivity index (χ0v) is 13.5. The molecule has 0 aliphatic rings. The zero-order valence-electron chi connectivity index (χ0n) is 13.5. The second kappa shape index (κ2) is 9.26. The van der Waals surface area contributed by atoms with Gasteiger partial charge >= 0.3 is 5.97 Å². The van der Waals surface area contributed by atoms with Gasteiger partial charge in [-0.05, 0) is 30.2 Å². The normalized spacial score (nSPS) is 10.6. The summed E-state index contributed by atoms with van der Waals surface area (Å²) in [6, 6.07) is 6.69. The number of carbonyl (C=O) groups excluding carboxylic acids is 2. The van der Waals surface area contributed by atoms with E-state index in [9.17, 15) is 9.59 Å². The van der Waals surface area contributed by atoms with Gasteiger partial charge in [0.25, 0.3) is 5.91 Å². The summed E-state index contributed by atoms with van der Waals surface area (Å²) in [7, 11) is 1.45. The fourth-order valence-electron chi connectivity index (χ4n) is 1.70. The van der Waals surface area contributed by atoms with Crippen LogP contribution in [0.3, 0.4) is 0 Å². The maximum Gasteiger partial charge on any atom is 0.311 e. The quantitative estimate of drug-likeness (QED) is 0.361. The van der Waals surface area contributed by atoms with Crippen molar-refractivity contribution in [2.45, 2.75) is 26.7 Å². The average Bonchev–Trinajstić information content (AvgIpc) is 2.58. The summed E-state index contributed by atoms with van der Waals surface area (Å²) >= 11 is 0. The van der Waals surface area contributed by atoms with E-state index in [1.165, 1.54) is 13.2 Å². The second-order valence-electron chi connectivity index (χ2n) is 4.66. The molecule has 1 aromatic carbocycles. The van der Waals surface area contributed by atoms with E-state index < -0.39 is 5.91 Å². The van der Waals surface area contributed by atoms with Gasteiger partial charge in [-0.1, -0.05) is 19.9 Å². The number of benzene rings is 1. The van der Waals surface area contributed by atoms with E-state index in [-0.39, 0.29) is 18.0 Å². The lowest BCUT2D eigenvalue weighted by atomic mass is 10.1.